The van der Waals surface area contributed by atoms with Crippen LogP contribution in [0.5, 0.6) is 0 Å². The van der Waals surface area contributed by atoms with Crippen LogP contribution in [0.25, 0.3) is 24.3 Å². The molecule has 3 rings (SSSR count). The van der Waals surface area contributed by atoms with Gasteiger partial charge in [-0.3, -0.25) is 0 Å². The molecule has 3 aromatic carbocycles. The van der Waals surface area contributed by atoms with Crippen LogP contribution in [0.4, 0.5) is 0 Å². The lowest BCUT2D eigenvalue weighted by molar-refractivity contribution is 1.36. The van der Waals surface area contributed by atoms with Gasteiger partial charge in [0, 0.05) is 8.95 Å². The van der Waals surface area contributed by atoms with E-state index in [0.29, 0.717) is 0 Å². The summed E-state index contributed by atoms with van der Waals surface area (Å²) in [6, 6.07) is 21.2. The summed E-state index contributed by atoms with van der Waals surface area (Å²) in [6.07, 6.45) is 8.69. The van der Waals surface area contributed by atoms with Gasteiger partial charge in [0.1, 0.15) is 0 Å². The Morgan fingerprint density at radius 1 is 0.538 bits per heavy atom. The Kier molecular flexibility index (Phi) is 6.29. The van der Waals surface area contributed by atoms with Crippen LogP contribution in [-0.2, 0) is 0 Å². The van der Waals surface area contributed by atoms with Crippen molar-refractivity contribution in [3.63, 3.8) is 0 Å². The highest BCUT2D eigenvalue weighted by Crippen LogP contribution is 2.21. The average molecular weight is 468 g/mol. The van der Waals surface area contributed by atoms with Gasteiger partial charge in [0.2, 0.25) is 0 Å². The molecule has 0 unspecified atom stereocenters. The summed E-state index contributed by atoms with van der Waals surface area (Å²) in [6.45, 7) is 4.33. The van der Waals surface area contributed by atoms with Gasteiger partial charge in [-0.15, -0.1) is 0 Å². The van der Waals surface area contributed by atoms with E-state index in [1.165, 1.54) is 33.4 Å². The molecule has 130 valence electrons. The average Bonchev–Trinajstić information content (AvgIpc) is 2.63. The number of rotatable bonds is 4. The Balaban J connectivity index is 1.81. The summed E-state index contributed by atoms with van der Waals surface area (Å²) in [5, 5.41) is 0. The van der Waals surface area contributed by atoms with Gasteiger partial charge in [-0.25, -0.2) is 0 Å². The topological polar surface area (TPSA) is 0 Å². The molecule has 0 saturated heterocycles. The van der Waals surface area contributed by atoms with E-state index in [1.54, 1.807) is 0 Å². The van der Waals surface area contributed by atoms with Crippen LogP contribution in [0.3, 0.4) is 0 Å². The smallest absolute Gasteiger partial charge is 0.0175 e. The SMILES string of the molecule is Cc1cc(/C=C/c2ccc(Br)cc2)c(C)cc1/C=C/c1ccc(Br)cc1. The van der Waals surface area contributed by atoms with E-state index in [1.807, 2.05) is 0 Å². The fourth-order valence-corrected chi connectivity index (χ4v) is 3.27. The number of hydrogen-bond acceptors (Lipinski definition) is 0. The first kappa shape index (κ1) is 18.9. The van der Waals surface area contributed by atoms with Crippen LogP contribution in [0.1, 0.15) is 33.4 Å². The van der Waals surface area contributed by atoms with E-state index < -0.39 is 0 Å². The molecule has 0 atom stereocenters. The third-order valence-corrected chi connectivity index (χ3v) is 5.36. The molecule has 2 heteroatoms. The van der Waals surface area contributed by atoms with Gasteiger partial charge in [0.15, 0.2) is 0 Å². The van der Waals surface area contributed by atoms with E-state index >= 15 is 0 Å². The lowest BCUT2D eigenvalue weighted by Gasteiger charge is -2.07. The fourth-order valence-electron chi connectivity index (χ4n) is 2.74. The van der Waals surface area contributed by atoms with Gasteiger partial charge in [-0.1, -0.05) is 92.6 Å². The van der Waals surface area contributed by atoms with Crippen molar-refractivity contribution in [2.75, 3.05) is 0 Å². The zero-order valence-electron chi connectivity index (χ0n) is 14.8. The van der Waals surface area contributed by atoms with Crippen LogP contribution in [0, 0.1) is 13.8 Å². The first-order valence-corrected chi connectivity index (χ1v) is 10.1. The van der Waals surface area contributed by atoms with Gasteiger partial charge in [0.05, 0.1) is 0 Å². The van der Waals surface area contributed by atoms with Gasteiger partial charge >= 0.3 is 0 Å². The number of aryl methyl sites for hydroxylation is 2. The maximum Gasteiger partial charge on any atom is 0.0175 e. The Hall–Kier alpha value is -1.90. The maximum atomic E-state index is 3.47. The molecule has 0 aliphatic heterocycles. The number of benzene rings is 3. The van der Waals surface area contributed by atoms with Crippen LogP contribution in [0.2, 0.25) is 0 Å². The summed E-state index contributed by atoms with van der Waals surface area (Å²) < 4.78 is 2.20. The molecule has 0 spiro atoms. The van der Waals surface area contributed by atoms with E-state index in [4.69, 9.17) is 0 Å². The second-order valence-corrected chi connectivity index (χ2v) is 8.17. The van der Waals surface area contributed by atoms with Crippen molar-refractivity contribution in [1.29, 1.82) is 0 Å². The lowest BCUT2D eigenvalue weighted by atomic mass is 9.98. The molecule has 0 radical (unpaired) electrons. The normalized spacial score (nSPS) is 11.5. The molecule has 0 fully saturated rings. The third-order valence-electron chi connectivity index (χ3n) is 4.31. The van der Waals surface area contributed by atoms with E-state index in [2.05, 4.69) is 131 Å². The summed E-state index contributed by atoms with van der Waals surface area (Å²) >= 11 is 6.95. The molecule has 0 aromatic heterocycles. The van der Waals surface area contributed by atoms with Crippen molar-refractivity contribution < 1.29 is 0 Å². The van der Waals surface area contributed by atoms with Crippen molar-refractivity contribution in [1.82, 2.24) is 0 Å². The van der Waals surface area contributed by atoms with Crippen molar-refractivity contribution in [3.8, 4) is 0 Å². The number of halogens is 2. The van der Waals surface area contributed by atoms with Crippen LogP contribution in [0.15, 0.2) is 69.6 Å². The highest BCUT2D eigenvalue weighted by atomic mass is 79.9. The minimum absolute atomic E-state index is 1.10. The van der Waals surface area contributed by atoms with Crippen LogP contribution < -0.4 is 0 Å². The Morgan fingerprint density at radius 2 is 0.885 bits per heavy atom. The third kappa shape index (κ3) is 5.06. The van der Waals surface area contributed by atoms with Crippen molar-refractivity contribution in [2.45, 2.75) is 13.8 Å². The maximum absolute atomic E-state index is 3.47. The Bertz CT molecular complexity index is 866. The minimum atomic E-state index is 1.10. The van der Waals surface area contributed by atoms with E-state index in [0.717, 1.165) is 8.95 Å². The zero-order chi connectivity index (χ0) is 18.5. The molecule has 0 saturated carbocycles. The summed E-state index contributed by atoms with van der Waals surface area (Å²) in [4.78, 5) is 0. The van der Waals surface area contributed by atoms with Crippen molar-refractivity contribution in [2.24, 2.45) is 0 Å². The van der Waals surface area contributed by atoms with Crippen LogP contribution >= 0.6 is 31.9 Å². The molecule has 0 aliphatic carbocycles. The monoisotopic (exact) mass is 466 g/mol. The molecular weight excluding hydrogens is 448 g/mol. The molecule has 26 heavy (non-hydrogen) atoms. The van der Waals surface area contributed by atoms with Crippen molar-refractivity contribution >= 4 is 56.2 Å². The van der Waals surface area contributed by atoms with E-state index in [9.17, 15) is 0 Å². The number of hydrogen-bond donors (Lipinski definition) is 0. The predicted octanol–water partition coefficient (Wildman–Crippen LogP) is 8.17. The second-order valence-electron chi connectivity index (χ2n) is 6.34. The van der Waals surface area contributed by atoms with Crippen molar-refractivity contribution in [3.05, 3.63) is 103 Å². The lowest BCUT2D eigenvalue weighted by Crippen LogP contribution is -1.88. The molecular formula is C24H20Br2. The largest absolute Gasteiger partial charge is 0.0544 e. The van der Waals surface area contributed by atoms with Gasteiger partial charge in [0.25, 0.3) is 0 Å². The summed E-state index contributed by atoms with van der Waals surface area (Å²) in [5.41, 5.74) is 7.46. The minimum Gasteiger partial charge on any atom is -0.0544 e. The molecule has 0 heterocycles. The summed E-state index contributed by atoms with van der Waals surface area (Å²) in [5.74, 6) is 0. The fraction of sp³-hybridized carbons (Fsp3) is 0.0833. The highest BCUT2D eigenvalue weighted by molar-refractivity contribution is 9.10. The Morgan fingerprint density at radius 3 is 1.23 bits per heavy atom. The second kappa shape index (κ2) is 8.66. The summed E-state index contributed by atoms with van der Waals surface area (Å²) in [7, 11) is 0. The molecule has 0 nitrogen and oxygen atoms in total. The molecule has 0 aliphatic rings. The van der Waals surface area contributed by atoms with Gasteiger partial charge in [-0.05, 0) is 71.5 Å². The van der Waals surface area contributed by atoms with Gasteiger partial charge in [-0.2, -0.15) is 0 Å². The quantitative estimate of drug-likeness (QED) is 0.339. The molecule has 3 aromatic rings. The molecule has 0 bridgehead atoms. The molecule has 0 amide bonds. The predicted molar refractivity (Wildman–Crippen MR) is 122 cm³/mol. The standard InChI is InChI=1S/C24H20Br2/c1-17-15-22(10-4-20-7-13-24(26)14-8-20)18(2)16-21(17)9-3-19-5-11-23(25)12-6-19/h3-16H,1-2H3/b9-3+,10-4+. The first-order valence-electron chi connectivity index (χ1n) is 8.50. The highest BCUT2D eigenvalue weighted by Gasteiger charge is 2.01. The Labute approximate surface area is 172 Å². The van der Waals surface area contributed by atoms with E-state index in [-0.39, 0.29) is 0 Å². The zero-order valence-corrected chi connectivity index (χ0v) is 18.0. The first-order chi connectivity index (χ1) is 12.5. The molecule has 0 N–H and O–H groups in total. The van der Waals surface area contributed by atoms with Crippen LogP contribution in [-0.4, -0.2) is 0 Å². The van der Waals surface area contributed by atoms with Gasteiger partial charge < -0.3 is 0 Å².